The van der Waals surface area contributed by atoms with Crippen LogP contribution in [0.4, 0.5) is 0 Å². The quantitative estimate of drug-likeness (QED) is 0.688. The summed E-state index contributed by atoms with van der Waals surface area (Å²) in [5, 5.41) is 0. The summed E-state index contributed by atoms with van der Waals surface area (Å²) < 4.78 is 0. The SMILES string of the molecule is C[C@]12CC[C@H]3[C@@H](C(=O)CC4=CC(=O)CC[C@@H]43)[C@@H]1CCC2=O. The van der Waals surface area contributed by atoms with Crippen molar-refractivity contribution in [1.82, 2.24) is 0 Å². The minimum atomic E-state index is -0.247. The molecule has 0 aliphatic heterocycles. The van der Waals surface area contributed by atoms with Gasteiger partial charge in [-0.2, -0.15) is 0 Å². The van der Waals surface area contributed by atoms with Gasteiger partial charge in [0.05, 0.1) is 0 Å². The number of carbonyl (C=O) groups excluding carboxylic acids is 3. The molecule has 0 spiro atoms. The van der Waals surface area contributed by atoms with Crippen molar-refractivity contribution in [2.24, 2.45) is 29.1 Å². The Hall–Kier alpha value is -1.25. The number of ketones is 3. The summed E-state index contributed by atoms with van der Waals surface area (Å²) >= 11 is 0. The van der Waals surface area contributed by atoms with Crippen LogP contribution in [0.1, 0.15) is 51.9 Å². The van der Waals surface area contributed by atoms with Crippen molar-refractivity contribution >= 4 is 17.3 Å². The summed E-state index contributed by atoms with van der Waals surface area (Å²) in [6, 6.07) is 0. The number of allylic oxidation sites excluding steroid dienone is 1. The van der Waals surface area contributed by atoms with Crippen molar-refractivity contribution < 1.29 is 14.4 Å². The molecule has 0 bridgehead atoms. The Morgan fingerprint density at radius 2 is 1.90 bits per heavy atom. The first kappa shape index (κ1) is 13.4. The first-order valence-electron chi connectivity index (χ1n) is 8.30. The summed E-state index contributed by atoms with van der Waals surface area (Å²) in [5.41, 5.74) is 0.841. The predicted molar refractivity (Wildman–Crippen MR) is 77.5 cm³/mol. The van der Waals surface area contributed by atoms with Crippen LogP contribution < -0.4 is 0 Å². The predicted octanol–water partition coefficient (Wildman–Crippen LogP) is 2.88. The molecule has 0 unspecified atom stereocenters. The van der Waals surface area contributed by atoms with E-state index in [4.69, 9.17) is 0 Å². The van der Waals surface area contributed by atoms with Crippen molar-refractivity contribution in [2.45, 2.75) is 51.9 Å². The van der Waals surface area contributed by atoms with E-state index in [2.05, 4.69) is 6.92 Å². The van der Waals surface area contributed by atoms with Crippen LogP contribution in [0.5, 0.6) is 0 Å². The normalized spacial score (nSPS) is 45.8. The van der Waals surface area contributed by atoms with Crippen LogP contribution in [0.3, 0.4) is 0 Å². The average molecular weight is 286 g/mol. The average Bonchev–Trinajstić information content (AvgIpc) is 2.74. The van der Waals surface area contributed by atoms with Gasteiger partial charge in [0.25, 0.3) is 0 Å². The molecular formula is C18H22O3. The maximum absolute atomic E-state index is 12.7. The van der Waals surface area contributed by atoms with Crippen molar-refractivity contribution in [3.05, 3.63) is 11.6 Å². The number of hydrogen-bond acceptors (Lipinski definition) is 3. The van der Waals surface area contributed by atoms with Crippen LogP contribution >= 0.6 is 0 Å². The van der Waals surface area contributed by atoms with E-state index < -0.39 is 0 Å². The number of Topliss-reactive ketones (excluding diaryl/α,β-unsaturated/α-hetero) is 2. The Morgan fingerprint density at radius 3 is 2.71 bits per heavy atom. The standard InChI is InChI=1S/C18H22O3/c1-18-7-6-13-12-3-2-11(19)8-10(12)9-15(20)17(13)14(18)4-5-16(18)21/h8,12-14,17H,2-7,9H2,1H3/t12-,13+,14-,17+,18-/m0/s1. The maximum atomic E-state index is 12.7. The van der Waals surface area contributed by atoms with Crippen LogP contribution in [0.15, 0.2) is 11.6 Å². The smallest absolute Gasteiger partial charge is 0.155 e. The van der Waals surface area contributed by atoms with Crippen molar-refractivity contribution in [3.8, 4) is 0 Å². The third-order valence-electron chi connectivity index (χ3n) is 6.82. The van der Waals surface area contributed by atoms with Gasteiger partial charge in [-0.25, -0.2) is 0 Å². The first-order chi connectivity index (χ1) is 10.0. The van der Waals surface area contributed by atoms with Gasteiger partial charge in [0.1, 0.15) is 11.6 Å². The van der Waals surface area contributed by atoms with E-state index in [1.54, 1.807) is 6.08 Å². The van der Waals surface area contributed by atoms with Gasteiger partial charge in [-0.3, -0.25) is 14.4 Å². The molecule has 3 saturated carbocycles. The highest BCUT2D eigenvalue weighted by molar-refractivity contribution is 5.95. The summed E-state index contributed by atoms with van der Waals surface area (Å²) in [6.45, 7) is 2.09. The largest absolute Gasteiger partial charge is 0.299 e. The topological polar surface area (TPSA) is 51.2 Å². The van der Waals surface area contributed by atoms with Crippen molar-refractivity contribution in [2.75, 3.05) is 0 Å². The second-order valence-corrected chi connectivity index (χ2v) is 7.69. The molecule has 0 amide bonds. The molecule has 0 aromatic rings. The molecule has 3 heteroatoms. The van der Waals surface area contributed by atoms with Crippen LogP contribution in [0.2, 0.25) is 0 Å². The highest BCUT2D eigenvalue weighted by atomic mass is 16.1. The molecule has 0 N–H and O–H groups in total. The van der Waals surface area contributed by atoms with E-state index >= 15 is 0 Å². The van der Waals surface area contributed by atoms with Crippen molar-refractivity contribution in [1.29, 1.82) is 0 Å². The summed E-state index contributed by atoms with van der Waals surface area (Å²) in [6.07, 6.45) is 7.21. The highest BCUT2D eigenvalue weighted by Crippen LogP contribution is 2.59. The first-order valence-corrected chi connectivity index (χ1v) is 8.30. The lowest BCUT2D eigenvalue weighted by atomic mass is 9.52. The van der Waals surface area contributed by atoms with Gasteiger partial charge >= 0.3 is 0 Å². The molecule has 5 atom stereocenters. The van der Waals surface area contributed by atoms with Crippen LogP contribution in [-0.4, -0.2) is 17.3 Å². The second-order valence-electron chi connectivity index (χ2n) is 7.69. The summed E-state index contributed by atoms with van der Waals surface area (Å²) in [7, 11) is 0. The fourth-order valence-electron chi connectivity index (χ4n) is 5.72. The summed E-state index contributed by atoms with van der Waals surface area (Å²) in [5.74, 6) is 1.99. The minimum Gasteiger partial charge on any atom is -0.299 e. The molecule has 4 aliphatic rings. The zero-order valence-electron chi connectivity index (χ0n) is 12.6. The molecule has 21 heavy (non-hydrogen) atoms. The van der Waals surface area contributed by atoms with Gasteiger partial charge in [-0.05, 0) is 49.5 Å². The Kier molecular flexibility index (Phi) is 2.79. The fraction of sp³-hybridized carbons (Fsp3) is 0.722. The van der Waals surface area contributed by atoms with Gasteiger partial charge in [0.15, 0.2) is 5.78 Å². The van der Waals surface area contributed by atoms with E-state index in [1.807, 2.05) is 0 Å². The lowest BCUT2D eigenvalue weighted by molar-refractivity contribution is -0.139. The van der Waals surface area contributed by atoms with Gasteiger partial charge < -0.3 is 0 Å². The van der Waals surface area contributed by atoms with Gasteiger partial charge in [-0.1, -0.05) is 12.5 Å². The van der Waals surface area contributed by atoms with E-state index in [9.17, 15) is 14.4 Å². The van der Waals surface area contributed by atoms with Crippen molar-refractivity contribution in [3.63, 3.8) is 0 Å². The number of carbonyl (C=O) groups is 3. The lowest BCUT2D eigenvalue weighted by Crippen LogP contribution is -2.50. The molecule has 0 aromatic carbocycles. The minimum absolute atomic E-state index is 0.0746. The molecule has 0 radical (unpaired) electrons. The van der Waals surface area contributed by atoms with Crippen LogP contribution in [-0.2, 0) is 14.4 Å². The lowest BCUT2D eigenvalue weighted by Gasteiger charge is -2.50. The molecule has 3 fully saturated rings. The van der Waals surface area contributed by atoms with Gasteiger partial charge in [0.2, 0.25) is 0 Å². The zero-order chi connectivity index (χ0) is 14.8. The Bertz CT molecular complexity index is 573. The number of fused-ring (bicyclic) bond motifs is 5. The van der Waals surface area contributed by atoms with Gasteiger partial charge in [0, 0.05) is 30.6 Å². The molecule has 112 valence electrons. The second kappa shape index (κ2) is 4.37. The monoisotopic (exact) mass is 286 g/mol. The molecule has 0 aromatic heterocycles. The van der Waals surface area contributed by atoms with E-state index in [-0.39, 0.29) is 23.0 Å². The highest BCUT2D eigenvalue weighted by Gasteiger charge is 2.58. The molecule has 4 aliphatic carbocycles. The zero-order valence-corrected chi connectivity index (χ0v) is 12.6. The fourth-order valence-corrected chi connectivity index (χ4v) is 5.72. The Morgan fingerprint density at radius 1 is 1.10 bits per heavy atom. The third kappa shape index (κ3) is 1.75. The molecule has 0 heterocycles. The molecule has 0 saturated heterocycles. The van der Waals surface area contributed by atoms with Crippen LogP contribution in [0.25, 0.3) is 0 Å². The maximum Gasteiger partial charge on any atom is 0.155 e. The number of rotatable bonds is 0. The van der Waals surface area contributed by atoms with E-state index in [1.165, 1.54) is 0 Å². The molecule has 3 nitrogen and oxygen atoms in total. The van der Waals surface area contributed by atoms with Gasteiger partial charge in [-0.15, -0.1) is 0 Å². The number of hydrogen-bond donors (Lipinski definition) is 0. The van der Waals surface area contributed by atoms with E-state index in [0.29, 0.717) is 42.7 Å². The van der Waals surface area contributed by atoms with Crippen LogP contribution in [0, 0.1) is 29.1 Å². The Labute approximate surface area is 125 Å². The Balaban J connectivity index is 1.71. The molecule has 4 rings (SSSR count). The van der Waals surface area contributed by atoms with E-state index in [0.717, 1.165) is 31.3 Å². The molecular weight excluding hydrogens is 264 g/mol. The third-order valence-corrected chi connectivity index (χ3v) is 6.82. The summed E-state index contributed by atoms with van der Waals surface area (Å²) in [4.78, 5) is 36.6.